The molecule has 8 aliphatic carbocycles. The third kappa shape index (κ3) is 3.76. The first-order valence-electron chi connectivity index (χ1n) is 19.5. The summed E-state index contributed by atoms with van der Waals surface area (Å²) in [5, 5.41) is 37.1. The van der Waals surface area contributed by atoms with E-state index in [0.717, 1.165) is 50.5 Å². The molecular weight excluding hydrogens is 616 g/mol. The molecule has 8 rings (SSSR count). The van der Waals surface area contributed by atoms with Gasteiger partial charge in [-0.05, 0) is 149 Å². The van der Waals surface area contributed by atoms with Crippen LogP contribution < -0.4 is 0 Å². The second kappa shape index (κ2) is 10.3. The van der Waals surface area contributed by atoms with Crippen LogP contribution in [0.25, 0.3) is 0 Å². The molecule has 6 saturated carbocycles. The summed E-state index contributed by atoms with van der Waals surface area (Å²) < 4.78 is 0. The van der Waals surface area contributed by atoms with Gasteiger partial charge in [-0.25, -0.2) is 0 Å². The average Bonchev–Trinajstić information content (AvgIpc) is 3.47. The molecule has 3 N–H and O–H groups in total. The predicted molar refractivity (Wildman–Crippen MR) is 184 cm³/mol. The number of aliphatic hydroxyl groups is 3. The molecule has 7 nitrogen and oxygen atoms in total. The van der Waals surface area contributed by atoms with Gasteiger partial charge >= 0.3 is 0 Å². The van der Waals surface area contributed by atoms with Crippen molar-refractivity contribution in [3.8, 4) is 0 Å². The van der Waals surface area contributed by atoms with Crippen molar-refractivity contribution >= 4 is 23.1 Å². The van der Waals surface area contributed by atoms with Gasteiger partial charge in [0.2, 0.25) is 0 Å². The zero-order chi connectivity index (χ0) is 35.3. The van der Waals surface area contributed by atoms with Gasteiger partial charge in [-0.15, -0.1) is 0 Å². The fourth-order valence-electron chi connectivity index (χ4n) is 16.1. The highest BCUT2D eigenvalue weighted by Crippen LogP contribution is 2.79. The smallest absolute Gasteiger partial charge is 0.161 e. The predicted octanol–water partition coefficient (Wildman–Crippen LogP) is 6.26. The first-order chi connectivity index (χ1) is 22.9. The van der Waals surface area contributed by atoms with E-state index in [0.29, 0.717) is 50.9 Å². The average molecular weight is 675 g/mol. The van der Waals surface area contributed by atoms with E-state index in [4.69, 9.17) is 0 Å². The quantitative estimate of drug-likeness (QED) is 0.323. The summed E-state index contributed by atoms with van der Waals surface area (Å²) in [6.07, 6.45) is 11.9. The normalized spacial score (nSPS) is 54.8. The molecule has 0 radical (unpaired) electrons. The van der Waals surface area contributed by atoms with Crippen LogP contribution >= 0.6 is 0 Å². The molecule has 0 aromatic rings. The van der Waals surface area contributed by atoms with E-state index in [-0.39, 0.29) is 52.7 Å². The first kappa shape index (κ1) is 34.1. The molecule has 0 heterocycles. The lowest BCUT2D eigenvalue weighted by Crippen LogP contribution is -2.72. The molecule has 6 fully saturated rings. The highest BCUT2D eigenvalue weighted by atomic mass is 16.3. The minimum Gasteiger partial charge on any atom is -0.392 e. The zero-order valence-electron chi connectivity index (χ0n) is 30.6. The summed E-state index contributed by atoms with van der Waals surface area (Å²) in [5.74, 6) is 0.423. The molecule has 0 aromatic carbocycles. The van der Waals surface area contributed by atoms with Crippen molar-refractivity contribution in [2.45, 2.75) is 149 Å². The van der Waals surface area contributed by atoms with Crippen LogP contribution in [-0.4, -0.2) is 55.8 Å². The molecule has 0 aromatic heterocycles. The lowest BCUT2D eigenvalue weighted by atomic mass is 9.30. The minimum absolute atomic E-state index is 0.00306. The third-order valence-electron chi connectivity index (χ3n) is 18.4. The number of allylic oxidation sites excluding steroid dienone is 2. The van der Waals surface area contributed by atoms with Crippen molar-refractivity contribution in [3.63, 3.8) is 0 Å². The number of hydrogen-bond donors (Lipinski definition) is 3. The number of carbonyl (C=O) groups excluding carboxylic acids is 4. The van der Waals surface area contributed by atoms with Crippen LogP contribution in [0.3, 0.4) is 0 Å². The Morgan fingerprint density at radius 3 is 1.94 bits per heavy atom. The molecule has 49 heavy (non-hydrogen) atoms. The van der Waals surface area contributed by atoms with Crippen LogP contribution in [0.2, 0.25) is 0 Å². The molecule has 0 saturated heterocycles. The van der Waals surface area contributed by atoms with Crippen LogP contribution in [-0.2, 0) is 19.2 Å². The second-order valence-electron chi connectivity index (χ2n) is 19.2. The Morgan fingerprint density at radius 1 is 0.673 bits per heavy atom. The molecule has 0 bridgehead atoms. The Labute approximate surface area is 291 Å². The largest absolute Gasteiger partial charge is 0.392 e. The van der Waals surface area contributed by atoms with Crippen molar-refractivity contribution in [3.05, 3.63) is 23.3 Å². The third-order valence-corrected chi connectivity index (χ3v) is 18.4. The van der Waals surface area contributed by atoms with Crippen molar-refractivity contribution < 1.29 is 34.5 Å². The van der Waals surface area contributed by atoms with Crippen LogP contribution in [0.1, 0.15) is 131 Å². The van der Waals surface area contributed by atoms with Crippen molar-refractivity contribution in [2.75, 3.05) is 0 Å². The van der Waals surface area contributed by atoms with E-state index in [1.165, 1.54) is 12.5 Å². The maximum absolute atomic E-state index is 14.1. The van der Waals surface area contributed by atoms with Gasteiger partial charge in [-0.1, -0.05) is 38.8 Å². The van der Waals surface area contributed by atoms with Gasteiger partial charge in [0.25, 0.3) is 0 Å². The van der Waals surface area contributed by atoms with E-state index in [9.17, 15) is 34.5 Å². The second-order valence-corrected chi connectivity index (χ2v) is 19.2. The minimum atomic E-state index is -1.50. The molecule has 8 aliphatic rings. The maximum atomic E-state index is 14.1. The molecule has 268 valence electrons. The fourth-order valence-corrected chi connectivity index (χ4v) is 16.1. The Balaban J connectivity index is 1.32. The monoisotopic (exact) mass is 674 g/mol. The Kier molecular flexibility index (Phi) is 7.20. The van der Waals surface area contributed by atoms with Gasteiger partial charge in [-0.3, -0.25) is 19.2 Å². The zero-order valence-corrected chi connectivity index (χ0v) is 30.6. The summed E-state index contributed by atoms with van der Waals surface area (Å²) in [6.45, 7) is 11.9. The summed E-state index contributed by atoms with van der Waals surface area (Å²) >= 11 is 0. The molecule has 0 spiro atoms. The van der Waals surface area contributed by atoms with E-state index < -0.39 is 44.4 Å². The summed E-state index contributed by atoms with van der Waals surface area (Å²) in [5.41, 5.74) is -3.41. The number of Topliss-reactive ketones (excluding diaryl/α,β-unsaturated/α-hetero) is 2. The molecular formula is C42H58O7. The lowest BCUT2D eigenvalue weighted by Gasteiger charge is -2.74. The fraction of sp³-hybridized carbons (Fsp3) is 0.810. The van der Waals surface area contributed by atoms with Crippen molar-refractivity contribution in [2.24, 2.45) is 62.6 Å². The van der Waals surface area contributed by atoms with Gasteiger partial charge in [0.15, 0.2) is 23.1 Å². The van der Waals surface area contributed by atoms with Crippen molar-refractivity contribution in [1.29, 1.82) is 0 Å². The lowest BCUT2D eigenvalue weighted by molar-refractivity contribution is -0.263. The summed E-state index contributed by atoms with van der Waals surface area (Å²) in [6, 6.07) is 0. The number of ketones is 4. The van der Waals surface area contributed by atoms with Crippen molar-refractivity contribution in [1.82, 2.24) is 0 Å². The van der Waals surface area contributed by atoms with Gasteiger partial charge in [-0.2, -0.15) is 0 Å². The van der Waals surface area contributed by atoms with Gasteiger partial charge < -0.3 is 15.3 Å². The van der Waals surface area contributed by atoms with Gasteiger partial charge in [0.1, 0.15) is 11.2 Å². The number of fused-ring (bicyclic) bond motifs is 10. The Hall–Kier alpha value is -1.96. The molecule has 0 aliphatic heterocycles. The van der Waals surface area contributed by atoms with Gasteiger partial charge in [0.05, 0.1) is 6.10 Å². The van der Waals surface area contributed by atoms with Gasteiger partial charge in [0, 0.05) is 29.1 Å². The highest BCUT2D eigenvalue weighted by molar-refractivity contribution is 5.93. The SMILES string of the molecule is CC(=O)[C@@]1(O)CC[C@H]2[C@@H]3CCC4=CC(=O)CC([C@]56[C@@H](O)C[C@@]7(C)[C@@H](CC[C@]7(O)C(C)=O)[C@@H]5CCC5=CC(=O)CC[C@@]56C)[C@]4(C)[C@H]3CC[C@@]21C. The molecule has 0 amide bonds. The van der Waals surface area contributed by atoms with Crippen LogP contribution in [0.15, 0.2) is 23.3 Å². The van der Waals surface area contributed by atoms with E-state index in [1.54, 1.807) is 6.92 Å². The summed E-state index contributed by atoms with van der Waals surface area (Å²) in [4.78, 5) is 53.2. The van der Waals surface area contributed by atoms with Crippen LogP contribution in [0, 0.1) is 62.6 Å². The highest BCUT2D eigenvalue weighted by Gasteiger charge is 2.78. The Morgan fingerprint density at radius 2 is 1.27 bits per heavy atom. The summed E-state index contributed by atoms with van der Waals surface area (Å²) in [7, 11) is 0. The van der Waals surface area contributed by atoms with E-state index in [1.807, 2.05) is 19.1 Å². The molecule has 7 heteroatoms. The maximum Gasteiger partial charge on any atom is 0.161 e. The standard InChI is InChI=1S/C42H58O7/c1-23(43)40(48)17-13-30-29-9-7-26-20-28(46)21-34(39(26,6)31(29)12-16-37(30,40)4)42-33(10-8-25-19-27(45)11-15-36(25,42)3)32-14-18-41(49,24(2)44)38(32,5)22-35(42)47/h19-20,29-35,47-49H,7-18,21-22H2,1-6H3/t29-,30-,31-,32-,33-,34?,35-,36-,37-,38-,39-,40-,41-,42-/m0/s1. The van der Waals surface area contributed by atoms with Crippen LogP contribution in [0.5, 0.6) is 0 Å². The number of rotatable bonds is 3. The molecule has 1 unspecified atom stereocenters. The topological polar surface area (TPSA) is 129 Å². The number of aliphatic hydroxyl groups excluding tert-OH is 1. The molecule has 14 atom stereocenters. The first-order valence-corrected chi connectivity index (χ1v) is 19.5. The number of hydrogen-bond acceptors (Lipinski definition) is 7. The van der Waals surface area contributed by atoms with Crippen LogP contribution in [0.4, 0.5) is 0 Å². The number of carbonyl (C=O) groups is 4. The van der Waals surface area contributed by atoms with E-state index in [2.05, 4.69) is 20.8 Å². The van der Waals surface area contributed by atoms with E-state index >= 15 is 0 Å². The Bertz CT molecular complexity index is 1610.